The second-order valence-electron chi connectivity index (χ2n) is 4.54. The zero-order valence-corrected chi connectivity index (χ0v) is 12.7. The zero-order chi connectivity index (χ0) is 14.8. The van der Waals surface area contributed by atoms with E-state index in [0.717, 1.165) is 31.8 Å². The number of nitrogens with zero attached hydrogens (tertiary/aromatic N) is 1. The predicted octanol–water partition coefficient (Wildman–Crippen LogP) is 2.97. The Bertz CT molecular complexity index is 385. The number of benzene rings is 1. The molecule has 1 rings (SSSR count). The fraction of sp³-hybridized carbons (Fsp3) is 0.562. The van der Waals surface area contributed by atoms with Gasteiger partial charge in [0.2, 0.25) is 0 Å². The summed E-state index contributed by atoms with van der Waals surface area (Å²) in [5.41, 5.74) is 0.563. The normalized spacial score (nSPS) is 10.6. The van der Waals surface area contributed by atoms with E-state index in [1.54, 1.807) is 24.3 Å². The first-order valence-electron chi connectivity index (χ1n) is 7.33. The molecule has 0 amide bonds. The van der Waals surface area contributed by atoms with Crippen molar-refractivity contribution in [1.82, 2.24) is 4.90 Å². The Labute approximate surface area is 121 Å². The summed E-state index contributed by atoms with van der Waals surface area (Å²) in [6.45, 7) is 10.1. The Morgan fingerprint density at radius 2 is 1.70 bits per heavy atom. The molecular weight excluding hydrogens is 254 g/mol. The van der Waals surface area contributed by atoms with Crippen molar-refractivity contribution in [3.05, 3.63) is 29.8 Å². The lowest BCUT2D eigenvalue weighted by Crippen LogP contribution is -2.27. The fourth-order valence-electron chi connectivity index (χ4n) is 1.80. The molecule has 0 aliphatic rings. The van der Waals surface area contributed by atoms with E-state index in [9.17, 15) is 4.79 Å². The summed E-state index contributed by atoms with van der Waals surface area (Å²) in [5.74, 6) is 0.505. The van der Waals surface area contributed by atoms with Gasteiger partial charge in [-0.1, -0.05) is 20.8 Å². The SMILES string of the molecule is CCCOc1ccc(C(=O)OCCN(CC)CC)cc1. The van der Waals surface area contributed by atoms with Crippen molar-refractivity contribution in [2.45, 2.75) is 27.2 Å². The molecule has 0 saturated carbocycles. The molecule has 0 unspecified atom stereocenters. The maximum absolute atomic E-state index is 11.8. The quantitative estimate of drug-likeness (QED) is 0.651. The van der Waals surface area contributed by atoms with Crippen molar-refractivity contribution >= 4 is 5.97 Å². The minimum Gasteiger partial charge on any atom is -0.494 e. The molecule has 0 bridgehead atoms. The van der Waals surface area contributed by atoms with E-state index in [-0.39, 0.29) is 5.97 Å². The fourth-order valence-corrected chi connectivity index (χ4v) is 1.80. The van der Waals surface area contributed by atoms with Gasteiger partial charge in [0.05, 0.1) is 12.2 Å². The van der Waals surface area contributed by atoms with E-state index in [1.165, 1.54) is 0 Å². The summed E-state index contributed by atoms with van der Waals surface area (Å²) < 4.78 is 10.7. The van der Waals surface area contributed by atoms with E-state index < -0.39 is 0 Å². The molecule has 0 heterocycles. The van der Waals surface area contributed by atoms with Crippen LogP contribution < -0.4 is 4.74 Å². The molecule has 0 spiro atoms. The molecule has 0 aliphatic heterocycles. The van der Waals surface area contributed by atoms with Crippen LogP contribution in [-0.4, -0.2) is 43.7 Å². The minimum atomic E-state index is -0.279. The lowest BCUT2D eigenvalue weighted by Gasteiger charge is -2.17. The Morgan fingerprint density at radius 3 is 2.25 bits per heavy atom. The van der Waals surface area contributed by atoms with Gasteiger partial charge in [0.25, 0.3) is 0 Å². The average Bonchev–Trinajstić information content (AvgIpc) is 2.50. The van der Waals surface area contributed by atoms with Gasteiger partial charge in [0, 0.05) is 6.54 Å². The Kier molecular flexibility index (Phi) is 7.73. The van der Waals surface area contributed by atoms with Crippen molar-refractivity contribution < 1.29 is 14.3 Å². The summed E-state index contributed by atoms with van der Waals surface area (Å²) >= 11 is 0. The molecule has 1 aromatic carbocycles. The van der Waals surface area contributed by atoms with Crippen molar-refractivity contribution in [3.63, 3.8) is 0 Å². The predicted molar refractivity (Wildman–Crippen MR) is 80.3 cm³/mol. The molecule has 4 nitrogen and oxygen atoms in total. The summed E-state index contributed by atoms with van der Waals surface area (Å²) in [6, 6.07) is 7.09. The molecule has 1 aromatic rings. The van der Waals surface area contributed by atoms with Crippen LogP contribution in [0.4, 0.5) is 0 Å². The number of hydrogen-bond donors (Lipinski definition) is 0. The molecular formula is C16H25NO3. The molecule has 112 valence electrons. The molecule has 0 N–H and O–H groups in total. The Hall–Kier alpha value is -1.55. The second-order valence-corrected chi connectivity index (χ2v) is 4.54. The molecule has 0 atom stereocenters. The van der Waals surface area contributed by atoms with Crippen LogP contribution in [0.25, 0.3) is 0 Å². The van der Waals surface area contributed by atoms with Crippen LogP contribution in [0.3, 0.4) is 0 Å². The van der Waals surface area contributed by atoms with Gasteiger partial charge in [0.15, 0.2) is 0 Å². The molecule has 0 saturated heterocycles. The molecule has 0 aromatic heterocycles. The topological polar surface area (TPSA) is 38.8 Å². The standard InChI is InChI=1S/C16H25NO3/c1-4-12-19-15-9-7-14(8-10-15)16(18)20-13-11-17(5-2)6-3/h7-10H,4-6,11-13H2,1-3H3. The van der Waals surface area contributed by atoms with Gasteiger partial charge >= 0.3 is 5.97 Å². The average molecular weight is 279 g/mol. The molecule has 0 fully saturated rings. The van der Waals surface area contributed by atoms with E-state index in [1.807, 2.05) is 0 Å². The molecule has 0 radical (unpaired) electrons. The number of rotatable bonds is 9. The Balaban J connectivity index is 2.39. The highest BCUT2D eigenvalue weighted by molar-refractivity contribution is 5.89. The van der Waals surface area contributed by atoms with Gasteiger partial charge in [-0.05, 0) is 43.8 Å². The smallest absolute Gasteiger partial charge is 0.338 e. The van der Waals surface area contributed by atoms with Gasteiger partial charge in [0.1, 0.15) is 12.4 Å². The van der Waals surface area contributed by atoms with E-state index in [2.05, 4.69) is 25.7 Å². The van der Waals surface area contributed by atoms with Crippen LogP contribution in [0, 0.1) is 0 Å². The lowest BCUT2D eigenvalue weighted by atomic mass is 10.2. The molecule has 4 heteroatoms. The maximum atomic E-state index is 11.8. The maximum Gasteiger partial charge on any atom is 0.338 e. The number of carbonyl (C=O) groups is 1. The van der Waals surface area contributed by atoms with Gasteiger partial charge in [-0.25, -0.2) is 4.79 Å². The third-order valence-electron chi connectivity index (χ3n) is 3.10. The third kappa shape index (κ3) is 5.61. The third-order valence-corrected chi connectivity index (χ3v) is 3.10. The summed E-state index contributed by atoms with van der Waals surface area (Å²) in [7, 11) is 0. The van der Waals surface area contributed by atoms with Crippen LogP contribution >= 0.6 is 0 Å². The number of ether oxygens (including phenoxy) is 2. The van der Waals surface area contributed by atoms with Crippen LogP contribution in [0.2, 0.25) is 0 Å². The number of hydrogen-bond acceptors (Lipinski definition) is 4. The lowest BCUT2D eigenvalue weighted by molar-refractivity contribution is 0.0466. The highest BCUT2D eigenvalue weighted by atomic mass is 16.5. The van der Waals surface area contributed by atoms with Crippen molar-refractivity contribution in [2.24, 2.45) is 0 Å². The second kappa shape index (κ2) is 9.37. The summed E-state index contributed by atoms with van der Waals surface area (Å²) in [6.07, 6.45) is 0.967. The summed E-state index contributed by atoms with van der Waals surface area (Å²) in [4.78, 5) is 14.1. The first-order chi connectivity index (χ1) is 9.71. The van der Waals surface area contributed by atoms with Gasteiger partial charge in [-0.3, -0.25) is 0 Å². The molecule has 20 heavy (non-hydrogen) atoms. The largest absolute Gasteiger partial charge is 0.494 e. The minimum absolute atomic E-state index is 0.279. The molecule has 0 aliphatic carbocycles. The van der Waals surface area contributed by atoms with E-state index in [4.69, 9.17) is 9.47 Å². The number of carbonyl (C=O) groups excluding carboxylic acids is 1. The van der Waals surface area contributed by atoms with Crippen molar-refractivity contribution in [1.29, 1.82) is 0 Å². The number of likely N-dealkylation sites (N-methyl/N-ethyl adjacent to an activating group) is 1. The highest BCUT2D eigenvalue weighted by Gasteiger charge is 2.08. The van der Waals surface area contributed by atoms with Crippen molar-refractivity contribution in [3.8, 4) is 5.75 Å². The van der Waals surface area contributed by atoms with Gasteiger partial charge in [-0.15, -0.1) is 0 Å². The van der Waals surface area contributed by atoms with Gasteiger partial charge < -0.3 is 14.4 Å². The van der Waals surface area contributed by atoms with Crippen LogP contribution in [0.15, 0.2) is 24.3 Å². The van der Waals surface area contributed by atoms with Gasteiger partial charge in [-0.2, -0.15) is 0 Å². The monoisotopic (exact) mass is 279 g/mol. The van der Waals surface area contributed by atoms with E-state index in [0.29, 0.717) is 18.8 Å². The van der Waals surface area contributed by atoms with Crippen LogP contribution in [0.1, 0.15) is 37.6 Å². The van der Waals surface area contributed by atoms with Crippen molar-refractivity contribution in [2.75, 3.05) is 32.8 Å². The number of esters is 1. The highest BCUT2D eigenvalue weighted by Crippen LogP contribution is 2.13. The summed E-state index contributed by atoms with van der Waals surface area (Å²) in [5, 5.41) is 0. The van der Waals surface area contributed by atoms with Crippen LogP contribution in [-0.2, 0) is 4.74 Å². The zero-order valence-electron chi connectivity index (χ0n) is 12.7. The Morgan fingerprint density at radius 1 is 1.05 bits per heavy atom. The first-order valence-corrected chi connectivity index (χ1v) is 7.33. The first kappa shape index (κ1) is 16.5. The van der Waals surface area contributed by atoms with E-state index >= 15 is 0 Å². The van der Waals surface area contributed by atoms with Crippen LogP contribution in [0.5, 0.6) is 5.75 Å².